The van der Waals surface area contributed by atoms with Gasteiger partial charge >= 0.3 is 11.9 Å². The van der Waals surface area contributed by atoms with Crippen LogP contribution in [0.5, 0.6) is 17.2 Å². The molecule has 11 heteroatoms. The van der Waals surface area contributed by atoms with Gasteiger partial charge in [0.2, 0.25) is 0 Å². The number of aromatic carboxylic acids is 1. The summed E-state index contributed by atoms with van der Waals surface area (Å²) in [6.07, 6.45) is 0.975. The summed E-state index contributed by atoms with van der Waals surface area (Å²) in [6.45, 7) is 0.482. The van der Waals surface area contributed by atoms with Crippen LogP contribution in [0.1, 0.15) is 23.2 Å². The normalized spacial score (nSPS) is 10.9. The maximum absolute atomic E-state index is 10.3. The van der Waals surface area contributed by atoms with Gasteiger partial charge in [0.25, 0.3) is 0 Å². The lowest BCUT2D eigenvalue weighted by Crippen LogP contribution is -2.34. The van der Waals surface area contributed by atoms with Crippen molar-refractivity contribution >= 4 is 17.9 Å². The first-order valence-corrected chi connectivity index (χ1v) is 6.60. The zero-order valence-corrected chi connectivity index (χ0v) is 12.6. The van der Waals surface area contributed by atoms with E-state index in [1.165, 1.54) is 0 Å². The summed E-state index contributed by atoms with van der Waals surface area (Å²) in [6, 6.07) is 0.869. The Morgan fingerprint density at radius 2 is 1.67 bits per heavy atom. The van der Waals surface area contributed by atoms with Gasteiger partial charge in [0.05, 0.1) is 5.56 Å². The number of carboxylic acid groups (broad SMARTS) is 2. The molecule has 1 aromatic carbocycles. The lowest BCUT2D eigenvalue weighted by atomic mass is 10.2. The van der Waals surface area contributed by atoms with E-state index in [1.807, 2.05) is 0 Å². The lowest BCUT2D eigenvalue weighted by molar-refractivity contribution is -0.138. The molecule has 0 aromatic heterocycles. The number of carboxylic acids is 2. The van der Waals surface area contributed by atoms with Crippen molar-refractivity contribution < 1.29 is 35.1 Å². The predicted molar refractivity (Wildman–Crippen MR) is 83.2 cm³/mol. The Morgan fingerprint density at radius 3 is 2.04 bits per heavy atom. The molecular formula is C13H20N4O7. The van der Waals surface area contributed by atoms with Gasteiger partial charge < -0.3 is 42.3 Å². The van der Waals surface area contributed by atoms with E-state index in [2.05, 4.69) is 5.32 Å². The van der Waals surface area contributed by atoms with Crippen LogP contribution in [0.3, 0.4) is 0 Å². The fourth-order valence-corrected chi connectivity index (χ4v) is 1.40. The number of aromatic hydroxyl groups is 3. The fraction of sp³-hybridized carbons (Fsp3) is 0.308. The molecule has 0 fully saturated rings. The van der Waals surface area contributed by atoms with Crippen molar-refractivity contribution in [2.75, 3.05) is 6.54 Å². The Morgan fingerprint density at radius 1 is 1.17 bits per heavy atom. The van der Waals surface area contributed by atoms with E-state index in [-0.39, 0.29) is 11.5 Å². The van der Waals surface area contributed by atoms with Crippen LogP contribution in [0.2, 0.25) is 0 Å². The van der Waals surface area contributed by atoms with Crippen molar-refractivity contribution in [3.8, 4) is 17.2 Å². The molecule has 0 saturated carbocycles. The molecular weight excluding hydrogens is 324 g/mol. The molecule has 1 rings (SSSR count). The number of phenolic OH excluding ortho intramolecular Hbond substituents is 3. The molecule has 1 unspecified atom stereocenters. The van der Waals surface area contributed by atoms with Crippen molar-refractivity contribution in [1.82, 2.24) is 5.32 Å². The maximum Gasteiger partial charge on any atom is 0.335 e. The molecule has 0 aliphatic carbocycles. The largest absolute Gasteiger partial charge is 0.504 e. The van der Waals surface area contributed by atoms with Crippen LogP contribution in [-0.2, 0) is 4.79 Å². The number of benzene rings is 1. The van der Waals surface area contributed by atoms with E-state index < -0.39 is 35.2 Å². The van der Waals surface area contributed by atoms with Crippen LogP contribution < -0.4 is 16.8 Å². The number of hydrogen-bond donors (Lipinski definition) is 9. The first-order valence-electron chi connectivity index (χ1n) is 6.60. The highest BCUT2D eigenvalue weighted by Crippen LogP contribution is 2.35. The third-order valence-corrected chi connectivity index (χ3v) is 2.64. The highest BCUT2D eigenvalue weighted by atomic mass is 16.4. The Kier molecular flexibility index (Phi) is 8.43. The second-order valence-electron chi connectivity index (χ2n) is 4.60. The number of carbonyl (C=O) groups is 2. The molecule has 0 saturated heterocycles. The van der Waals surface area contributed by atoms with Gasteiger partial charge in [-0.15, -0.1) is 0 Å². The number of rotatable bonds is 6. The van der Waals surface area contributed by atoms with Gasteiger partial charge in [-0.3, -0.25) is 10.2 Å². The Hall–Kier alpha value is -3.21. The number of nitrogens with one attached hydrogen (secondary N) is 2. The minimum Gasteiger partial charge on any atom is -0.504 e. The zero-order chi connectivity index (χ0) is 18.9. The van der Waals surface area contributed by atoms with Crippen LogP contribution >= 0.6 is 0 Å². The van der Waals surface area contributed by atoms with E-state index in [0.717, 1.165) is 12.1 Å². The quantitative estimate of drug-likeness (QED) is 0.135. The molecule has 0 radical (unpaired) electrons. The summed E-state index contributed by atoms with van der Waals surface area (Å²) in [5, 5.41) is 52.7. The molecule has 0 bridgehead atoms. The summed E-state index contributed by atoms with van der Waals surface area (Å²) in [7, 11) is 0. The Labute approximate surface area is 136 Å². The summed E-state index contributed by atoms with van der Waals surface area (Å²) < 4.78 is 0. The van der Waals surface area contributed by atoms with Gasteiger partial charge in [0, 0.05) is 6.54 Å². The molecule has 1 atom stereocenters. The molecule has 0 aliphatic rings. The monoisotopic (exact) mass is 344 g/mol. The van der Waals surface area contributed by atoms with Crippen molar-refractivity contribution in [1.29, 1.82) is 5.41 Å². The van der Waals surface area contributed by atoms with Crippen molar-refractivity contribution in [3.63, 3.8) is 0 Å². The van der Waals surface area contributed by atoms with E-state index in [4.69, 9.17) is 42.4 Å². The number of nitrogens with two attached hydrogens (primary N) is 2. The number of hydrogen-bond acceptors (Lipinski definition) is 7. The third kappa shape index (κ3) is 7.70. The number of phenols is 3. The maximum atomic E-state index is 10.3. The second-order valence-corrected chi connectivity index (χ2v) is 4.60. The average Bonchev–Trinajstić information content (AvgIpc) is 2.48. The van der Waals surface area contributed by atoms with E-state index in [1.54, 1.807) is 0 Å². The van der Waals surface area contributed by atoms with Crippen molar-refractivity contribution in [2.45, 2.75) is 18.9 Å². The topological polar surface area (TPSA) is 223 Å². The highest BCUT2D eigenvalue weighted by molar-refractivity contribution is 5.89. The summed E-state index contributed by atoms with van der Waals surface area (Å²) in [5.41, 5.74) is 9.93. The molecule has 134 valence electrons. The minimum atomic E-state index is -1.29. The summed E-state index contributed by atoms with van der Waals surface area (Å²) >= 11 is 0. The molecule has 11 nitrogen and oxygen atoms in total. The SMILES string of the molecule is N=C(N)NCCCC(N)C(=O)O.O=C(O)c1cc(O)c(O)c(O)c1. The Balaban J connectivity index is 0.000000441. The lowest BCUT2D eigenvalue weighted by Gasteiger charge is -2.06. The van der Waals surface area contributed by atoms with Crippen LogP contribution in [-0.4, -0.2) is 56.0 Å². The Bertz CT molecular complexity index is 583. The van der Waals surface area contributed by atoms with E-state index >= 15 is 0 Å². The van der Waals surface area contributed by atoms with Crippen LogP contribution in [0.15, 0.2) is 12.1 Å². The van der Waals surface area contributed by atoms with Gasteiger partial charge in [-0.25, -0.2) is 4.79 Å². The van der Waals surface area contributed by atoms with Crippen LogP contribution in [0.25, 0.3) is 0 Å². The predicted octanol–water partition coefficient (Wildman–Crippen LogP) is -0.837. The number of aliphatic carboxylic acids is 1. The third-order valence-electron chi connectivity index (χ3n) is 2.64. The van der Waals surface area contributed by atoms with E-state index in [0.29, 0.717) is 19.4 Å². The van der Waals surface area contributed by atoms with Gasteiger partial charge in [-0.1, -0.05) is 0 Å². The summed E-state index contributed by atoms with van der Waals surface area (Å²) in [5.74, 6) is -4.45. The first kappa shape index (κ1) is 20.8. The molecule has 0 amide bonds. The smallest absolute Gasteiger partial charge is 0.335 e. The van der Waals surface area contributed by atoms with Crippen LogP contribution in [0, 0.1) is 5.41 Å². The van der Waals surface area contributed by atoms with Gasteiger partial charge in [-0.05, 0) is 25.0 Å². The van der Waals surface area contributed by atoms with Gasteiger partial charge in [-0.2, -0.15) is 0 Å². The molecule has 0 heterocycles. The first-order chi connectivity index (χ1) is 11.1. The summed E-state index contributed by atoms with van der Waals surface area (Å²) in [4.78, 5) is 20.5. The van der Waals surface area contributed by atoms with Gasteiger partial charge in [0.1, 0.15) is 6.04 Å². The van der Waals surface area contributed by atoms with Crippen LogP contribution in [0.4, 0.5) is 0 Å². The average molecular weight is 344 g/mol. The standard InChI is InChI=1S/C7H6O5.C6H14N4O2/c8-4-1-3(7(11)12)2-5(9)6(4)10;7-4(5(11)12)2-1-3-10-6(8)9/h1-2,8-10H,(H,11,12);4H,1-3,7H2,(H,11,12)(H4,8,9,10). The van der Waals surface area contributed by atoms with Crippen molar-refractivity contribution in [2.24, 2.45) is 11.5 Å². The molecule has 0 aliphatic heterocycles. The molecule has 0 spiro atoms. The zero-order valence-electron chi connectivity index (χ0n) is 12.6. The van der Waals surface area contributed by atoms with Crippen molar-refractivity contribution in [3.05, 3.63) is 17.7 Å². The van der Waals surface area contributed by atoms with E-state index in [9.17, 15) is 9.59 Å². The number of guanidine groups is 1. The minimum absolute atomic E-state index is 0.112. The highest BCUT2D eigenvalue weighted by Gasteiger charge is 2.11. The molecule has 1 aromatic rings. The van der Waals surface area contributed by atoms with Gasteiger partial charge in [0.15, 0.2) is 23.2 Å². The molecule has 11 N–H and O–H groups in total. The fourth-order valence-electron chi connectivity index (χ4n) is 1.40. The molecule has 24 heavy (non-hydrogen) atoms. The second kappa shape index (κ2) is 9.74.